The third kappa shape index (κ3) is 2.68. The zero-order chi connectivity index (χ0) is 13.1. The minimum absolute atomic E-state index is 0.0101. The third-order valence-corrected chi connectivity index (χ3v) is 4.46. The van der Waals surface area contributed by atoms with Crippen LogP contribution in [0.5, 0.6) is 0 Å². The summed E-state index contributed by atoms with van der Waals surface area (Å²) in [5, 5.41) is 2.77. The molecule has 0 bridgehead atoms. The second-order valence-corrected chi connectivity index (χ2v) is 5.63. The van der Waals surface area contributed by atoms with E-state index in [1.165, 1.54) is 32.1 Å². The van der Waals surface area contributed by atoms with E-state index in [-0.39, 0.29) is 30.4 Å². The highest BCUT2D eigenvalue weighted by atomic mass is 16.2. The number of carbonyl (C=O) groups is 2. The number of amides is 2. The van der Waals surface area contributed by atoms with E-state index in [1.54, 1.807) is 0 Å². The smallest absolute Gasteiger partial charge is 0.245 e. The lowest BCUT2D eigenvalue weighted by atomic mass is 9.83. The summed E-state index contributed by atoms with van der Waals surface area (Å²) in [6, 6.07) is -0.102. The van der Waals surface area contributed by atoms with Gasteiger partial charge >= 0.3 is 0 Å². The first kappa shape index (κ1) is 13.4. The van der Waals surface area contributed by atoms with E-state index in [2.05, 4.69) is 12.2 Å². The number of hydrogen-bond acceptors (Lipinski definition) is 2. The van der Waals surface area contributed by atoms with E-state index in [9.17, 15) is 9.59 Å². The van der Waals surface area contributed by atoms with Crippen molar-refractivity contribution in [3.8, 4) is 0 Å². The molecule has 2 aliphatic rings. The fourth-order valence-electron chi connectivity index (χ4n) is 3.23. The predicted molar refractivity (Wildman–Crippen MR) is 70.0 cm³/mol. The Kier molecular flexibility index (Phi) is 4.25. The summed E-state index contributed by atoms with van der Waals surface area (Å²) < 4.78 is 0. The van der Waals surface area contributed by atoms with Crippen molar-refractivity contribution in [3.63, 3.8) is 0 Å². The SMILES string of the molecule is CCC1NC(=O)CN(C(C)C2CCCCC2)C1=O. The minimum Gasteiger partial charge on any atom is -0.343 e. The largest absolute Gasteiger partial charge is 0.343 e. The number of nitrogens with zero attached hydrogens (tertiary/aromatic N) is 1. The first-order chi connectivity index (χ1) is 8.63. The Morgan fingerprint density at radius 1 is 1.28 bits per heavy atom. The van der Waals surface area contributed by atoms with Crippen LogP contribution in [0.2, 0.25) is 0 Å². The first-order valence-corrected chi connectivity index (χ1v) is 7.23. The Morgan fingerprint density at radius 3 is 2.56 bits per heavy atom. The molecule has 102 valence electrons. The summed E-state index contributed by atoms with van der Waals surface area (Å²) in [4.78, 5) is 25.8. The number of nitrogens with one attached hydrogen (secondary N) is 1. The van der Waals surface area contributed by atoms with Gasteiger partial charge in [0.1, 0.15) is 6.04 Å². The molecule has 4 nitrogen and oxygen atoms in total. The average molecular weight is 252 g/mol. The highest BCUT2D eigenvalue weighted by molar-refractivity contribution is 5.94. The van der Waals surface area contributed by atoms with Gasteiger partial charge in [-0.25, -0.2) is 0 Å². The molecule has 1 saturated carbocycles. The quantitative estimate of drug-likeness (QED) is 0.831. The Balaban J connectivity index is 2.05. The molecular weight excluding hydrogens is 228 g/mol. The normalized spacial score (nSPS) is 28.1. The van der Waals surface area contributed by atoms with Crippen LogP contribution in [0, 0.1) is 5.92 Å². The lowest BCUT2D eigenvalue weighted by molar-refractivity contribution is -0.147. The molecule has 1 saturated heterocycles. The fourth-order valence-corrected chi connectivity index (χ4v) is 3.23. The number of hydrogen-bond donors (Lipinski definition) is 1. The molecule has 4 heteroatoms. The van der Waals surface area contributed by atoms with Crippen molar-refractivity contribution in [1.82, 2.24) is 10.2 Å². The van der Waals surface area contributed by atoms with Crippen LogP contribution in [-0.4, -0.2) is 35.3 Å². The van der Waals surface area contributed by atoms with Crippen LogP contribution in [-0.2, 0) is 9.59 Å². The van der Waals surface area contributed by atoms with Crippen molar-refractivity contribution >= 4 is 11.8 Å². The Morgan fingerprint density at radius 2 is 1.94 bits per heavy atom. The van der Waals surface area contributed by atoms with Gasteiger partial charge in [0.05, 0.1) is 6.54 Å². The zero-order valence-electron chi connectivity index (χ0n) is 11.4. The number of carbonyl (C=O) groups excluding carboxylic acids is 2. The van der Waals surface area contributed by atoms with E-state index in [0.29, 0.717) is 12.3 Å². The molecule has 1 N–H and O–H groups in total. The van der Waals surface area contributed by atoms with E-state index in [1.807, 2.05) is 11.8 Å². The molecule has 2 atom stereocenters. The van der Waals surface area contributed by atoms with E-state index < -0.39 is 0 Å². The lowest BCUT2D eigenvalue weighted by Gasteiger charge is -2.40. The number of rotatable bonds is 3. The zero-order valence-corrected chi connectivity index (χ0v) is 11.4. The molecule has 1 heterocycles. The molecule has 2 unspecified atom stereocenters. The van der Waals surface area contributed by atoms with Crippen LogP contribution in [0.15, 0.2) is 0 Å². The second kappa shape index (κ2) is 5.72. The maximum absolute atomic E-state index is 12.3. The summed E-state index contributed by atoms with van der Waals surface area (Å²) in [5.41, 5.74) is 0. The molecule has 1 aliphatic heterocycles. The Bertz CT molecular complexity index is 324. The van der Waals surface area contributed by atoms with Crippen LogP contribution < -0.4 is 5.32 Å². The van der Waals surface area contributed by atoms with Gasteiger partial charge in [0.2, 0.25) is 11.8 Å². The highest BCUT2D eigenvalue weighted by Gasteiger charge is 2.36. The highest BCUT2D eigenvalue weighted by Crippen LogP contribution is 2.29. The molecule has 0 spiro atoms. The van der Waals surface area contributed by atoms with Crippen LogP contribution >= 0.6 is 0 Å². The van der Waals surface area contributed by atoms with E-state index in [0.717, 1.165) is 0 Å². The van der Waals surface area contributed by atoms with Gasteiger partial charge in [-0.05, 0) is 32.1 Å². The Labute approximate surface area is 109 Å². The third-order valence-electron chi connectivity index (χ3n) is 4.46. The summed E-state index contributed by atoms with van der Waals surface area (Å²) in [6.07, 6.45) is 6.92. The van der Waals surface area contributed by atoms with Crippen molar-refractivity contribution in [1.29, 1.82) is 0 Å². The van der Waals surface area contributed by atoms with Crippen molar-refractivity contribution in [2.45, 2.75) is 64.5 Å². The van der Waals surface area contributed by atoms with E-state index in [4.69, 9.17) is 0 Å². The van der Waals surface area contributed by atoms with Crippen molar-refractivity contribution < 1.29 is 9.59 Å². The molecule has 1 aliphatic carbocycles. The fraction of sp³-hybridized carbons (Fsp3) is 0.857. The van der Waals surface area contributed by atoms with Gasteiger partial charge in [-0.3, -0.25) is 9.59 Å². The van der Waals surface area contributed by atoms with Crippen molar-refractivity contribution in [3.05, 3.63) is 0 Å². The van der Waals surface area contributed by atoms with Gasteiger partial charge in [0.15, 0.2) is 0 Å². The molecule has 0 aromatic rings. The standard InChI is InChI=1S/C14H24N2O2/c1-3-12-14(18)16(9-13(17)15-12)10(2)11-7-5-4-6-8-11/h10-12H,3-9H2,1-2H3,(H,15,17). The molecule has 2 fully saturated rings. The molecule has 18 heavy (non-hydrogen) atoms. The van der Waals surface area contributed by atoms with Crippen LogP contribution in [0.3, 0.4) is 0 Å². The second-order valence-electron chi connectivity index (χ2n) is 5.63. The van der Waals surface area contributed by atoms with Gasteiger partial charge in [0, 0.05) is 6.04 Å². The summed E-state index contributed by atoms with van der Waals surface area (Å²) >= 11 is 0. The predicted octanol–water partition coefficient (Wildman–Crippen LogP) is 1.69. The molecule has 2 rings (SSSR count). The van der Waals surface area contributed by atoms with Crippen LogP contribution in [0.4, 0.5) is 0 Å². The van der Waals surface area contributed by atoms with Gasteiger partial charge in [-0.1, -0.05) is 26.2 Å². The summed E-state index contributed by atoms with van der Waals surface area (Å²) in [7, 11) is 0. The van der Waals surface area contributed by atoms with Crippen molar-refractivity contribution in [2.75, 3.05) is 6.54 Å². The minimum atomic E-state index is -0.308. The molecule has 0 aromatic heterocycles. The maximum atomic E-state index is 12.3. The number of piperazine rings is 1. The molecule has 0 aromatic carbocycles. The van der Waals surface area contributed by atoms with Crippen molar-refractivity contribution in [2.24, 2.45) is 5.92 Å². The maximum Gasteiger partial charge on any atom is 0.245 e. The topological polar surface area (TPSA) is 49.4 Å². The van der Waals surface area contributed by atoms with Gasteiger partial charge in [0.25, 0.3) is 0 Å². The lowest BCUT2D eigenvalue weighted by Crippen LogP contribution is -2.61. The van der Waals surface area contributed by atoms with Gasteiger partial charge in [-0.2, -0.15) is 0 Å². The molecule has 0 radical (unpaired) electrons. The van der Waals surface area contributed by atoms with Crippen LogP contribution in [0.25, 0.3) is 0 Å². The first-order valence-electron chi connectivity index (χ1n) is 7.23. The van der Waals surface area contributed by atoms with E-state index >= 15 is 0 Å². The molecule has 2 amide bonds. The summed E-state index contributed by atoms with van der Waals surface area (Å²) in [5.74, 6) is 0.672. The monoisotopic (exact) mass is 252 g/mol. The van der Waals surface area contributed by atoms with Crippen LogP contribution in [0.1, 0.15) is 52.4 Å². The Hall–Kier alpha value is -1.06. The van der Waals surface area contributed by atoms with Gasteiger partial charge in [-0.15, -0.1) is 0 Å². The molecular formula is C14H24N2O2. The van der Waals surface area contributed by atoms with Gasteiger partial charge < -0.3 is 10.2 Å². The summed E-state index contributed by atoms with van der Waals surface area (Å²) in [6.45, 7) is 4.30. The average Bonchev–Trinajstić information content (AvgIpc) is 2.41.